The summed E-state index contributed by atoms with van der Waals surface area (Å²) >= 11 is 4.70. The Kier molecular flexibility index (Phi) is 5.75. The van der Waals surface area contributed by atoms with Crippen LogP contribution in [0.25, 0.3) is 0 Å². The summed E-state index contributed by atoms with van der Waals surface area (Å²) in [5.74, 6) is -0.188. The van der Waals surface area contributed by atoms with Crippen molar-refractivity contribution in [3.63, 3.8) is 0 Å². The number of ketones is 1. The number of hydrogen-bond acceptors (Lipinski definition) is 4. The minimum atomic E-state index is -3.67. The van der Waals surface area contributed by atoms with Crippen molar-refractivity contribution in [2.75, 3.05) is 0 Å². The van der Waals surface area contributed by atoms with Crippen molar-refractivity contribution >= 4 is 42.9 Å². The molecule has 26 heavy (non-hydrogen) atoms. The van der Waals surface area contributed by atoms with E-state index in [1.54, 1.807) is 54.6 Å². The Labute approximate surface area is 165 Å². The number of halogens is 1. The fraction of sp³-hybridized carbons (Fsp3) is 0.150. The highest BCUT2D eigenvalue weighted by Gasteiger charge is 2.32. The van der Waals surface area contributed by atoms with Crippen LogP contribution < -0.4 is 0 Å². The molecular formula is C20H17BrO3S2. The van der Waals surface area contributed by atoms with Gasteiger partial charge in [0.1, 0.15) is 5.25 Å². The lowest BCUT2D eigenvalue weighted by molar-refractivity contribution is 0.0981. The van der Waals surface area contributed by atoms with E-state index >= 15 is 0 Å². The Morgan fingerprint density at radius 1 is 1.04 bits per heavy atom. The highest BCUT2D eigenvalue weighted by atomic mass is 79.9. The number of sulfone groups is 1. The molecule has 0 unspecified atom stereocenters. The molecule has 3 rings (SSSR count). The molecule has 3 nitrogen and oxygen atoms in total. The van der Waals surface area contributed by atoms with E-state index < -0.39 is 15.1 Å². The summed E-state index contributed by atoms with van der Waals surface area (Å²) in [6.07, 6.45) is -0.0850. The highest BCUT2D eigenvalue weighted by molar-refractivity contribution is 9.10. The second-order valence-electron chi connectivity index (χ2n) is 6.00. The van der Waals surface area contributed by atoms with Crippen molar-refractivity contribution in [3.8, 4) is 0 Å². The maximum Gasteiger partial charge on any atom is 0.186 e. The third kappa shape index (κ3) is 4.14. The second kappa shape index (κ2) is 7.86. The Balaban J connectivity index is 1.97. The Hall–Kier alpha value is -1.76. The van der Waals surface area contributed by atoms with Crippen LogP contribution in [0.4, 0.5) is 0 Å². The van der Waals surface area contributed by atoms with E-state index in [4.69, 9.17) is 0 Å². The maximum absolute atomic E-state index is 13.2. The molecule has 3 aromatic rings. The Morgan fingerprint density at radius 2 is 1.69 bits per heavy atom. The smallest absolute Gasteiger partial charge is 0.186 e. The zero-order chi connectivity index (χ0) is 18.7. The first-order chi connectivity index (χ1) is 12.4. The van der Waals surface area contributed by atoms with Crippen molar-refractivity contribution in [2.45, 2.75) is 23.5 Å². The monoisotopic (exact) mass is 448 g/mol. The van der Waals surface area contributed by atoms with Crippen LogP contribution in [0.2, 0.25) is 0 Å². The van der Waals surface area contributed by atoms with Gasteiger partial charge >= 0.3 is 0 Å². The number of carbonyl (C=O) groups is 1. The first-order valence-corrected chi connectivity index (χ1v) is 11.2. The first kappa shape index (κ1) is 19.0. The van der Waals surface area contributed by atoms with E-state index in [2.05, 4.69) is 15.9 Å². The Morgan fingerprint density at radius 3 is 2.27 bits per heavy atom. The molecule has 1 atom stereocenters. The van der Waals surface area contributed by atoms with Crippen molar-refractivity contribution in [3.05, 3.63) is 86.5 Å². The van der Waals surface area contributed by atoms with E-state index in [1.165, 1.54) is 11.3 Å². The third-order valence-corrected chi connectivity index (χ3v) is 7.88. The quantitative estimate of drug-likeness (QED) is 0.460. The van der Waals surface area contributed by atoms with Crippen LogP contribution in [0.3, 0.4) is 0 Å². The van der Waals surface area contributed by atoms with Crippen molar-refractivity contribution in [1.29, 1.82) is 0 Å². The number of carbonyl (C=O) groups excluding carboxylic acids is 1. The number of aryl methyl sites for hydroxylation is 1. The van der Waals surface area contributed by atoms with Crippen LogP contribution >= 0.6 is 27.3 Å². The van der Waals surface area contributed by atoms with Gasteiger partial charge in [-0.3, -0.25) is 4.79 Å². The third-order valence-electron chi connectivity index (χ3n) is 4.12. The van der Waals surface area contributed by atoms with E-state index in [1.807, 2.05) is 18.4 Å². The van der Waals surface area contributed by atoms with Crippen LogP contribution in [0.1, 0.15) is 32.5 Å². The minimum absolute atomic E-state index is 0.0850. The first-order valence-electron chi connectivity index (χ1n) is 8.00. The van der Waals surface area contributed by atoms with E-state index in [-0.39, 0.29) is 17.1 Å². The van der Waals surface area contributed by atoms with E-state index in [0.717, 1.165) is 10.0 Å². The van der Waals surface area contributed by atoms with Gasteiger partial charge in [0.15, 0.2) is 15.6 Å². The molecule has 0 radical (unpaired) electrons. The van der Waals surface area contributed by atoms with Gasteiger partial charge < -0.3 is 0 Å². The molecule has 6 heteroatoms. The molecule has 2 aromatic carbocycles. The van der Waals surface area contributed by atoms with Crippen molar-refractivity contribution in [1.82, 2.24) is 0 Å². The lowest BCUT2D eigenvalue weighted by Gasteiger charge is -2.16. The fourth-order valence-corrected chi connectivity index (χ4v) is 5.77. The largest absolute Gasteiger partial charge is 0.294 e. The molecule has 0 spiro atoms. The lowest BCUT2D eigenvalue weighted by atomic mass is 10.1. The normalized spacial score (nSPS) is 12.7. The topological polar surface area (TPSA) is 51.2 Å². The summed E-state index contributed by atoms with van der Waals surface area (Å²) in [6, 6.07) is 17.3. The summed E-state index contributed by atoms with van der Waals surface area (Å²) in [5.41, 5.74) is 1.50. The van der Waals surface area contributed by atoms with Crippen LogP contribution in [0.5, 0.6) is 0 Å². The summed E-state index contributed by atoms with van der Waals surface area (Å²) in [5, 5.41) is 0.943. The van der Waals surface area contributed by atoms with Crippen LogP contribution in [0.15, 0.2) is 75.4 Å². The maximum atomic E-state index is 13.2. The van der Waals surface area contributed by atoms with Crippen LogP contribution in [-0.2, 0) is 9.84 Å². The molecule has 0 aliphatic heterocycles. The molecule has 0 saturated heterocycles. The number of rotatable bonds is 6. The minimum Gasteiger partial charge on any atom is -0.294 e. The van der Waals surface area contributed by atoms with Gasteiger partial charge in [0.2, 0.25) is 0 Å². The van der Waals surface area contributed by atoms with E-state index in [9.17, 15) is 13.2 Å². The van der Waals surface area contributed by atoms with Gasteiger partial charge in [-0.15, -0.1) is 11.3 Å². The number of Topliss-reactive ketones (excluding diaryl/α,β-unsaturated/α-hetero) is 1. The highest BCUT2D eigenvalue weighted by Crippen LogP contribution is 2.35. The molecule has 0 fully saturated rings. The molecule has 0 saturated carbocycles. The van der Waals surface area contributed by atoms with Gasteiger partial charge in [0, 0.05) is 21.3 Å². The summed E-state index contributed by atoms with van der Waals surface area (Å²) in [6.45, 7) is 1.91. The second-order valence-corrected chi connectivity index (χ2v) is 10.0. The van der Waals surface area contributed by atoms with Gasteiger partial charge in [-0.25, -0.2) is 8.42 Å². The lowest BCUT2D eigenvalue weighted by Crippen LogP contribution is -2.17. The molecule has 1 aromatic heterocycles. The summed E-state index contributed by atoms with van der Waals surface area (Å²) in [7, 11) is -3.67. The number of thiophene rings is 1. The molecular weight excluding hydrogens is 432 g/mol. The predicted molar refractivity (Wildman–Crippen MR) is 109 cm³/mol. The zero-order valence-electron chi connectivity index (χ0n) is 14.1. The molecule has 0 aliphatic carbocycles. The molecule has 0 bridgehead atoms. The standard InChI is InChI=1S/C20H17BrO3S2/c1-14-4-10-17(11-5-14)26(23,24)20(19-3-2-12-25-19)13-18(22)15-6-8-16(21)9-7-15/h2-12,20H,13H2,1H3/t20-/m1/s1. The predicted octanol–water partition coefficient (Wildman–Crippen LogP) is 5.61. The molecule has 134 valence electrons. The van der Waals surface area contributed by atoms with E-state index in [0.29, 0.717) is 10.4 Å². The molecule has 1 heterocycles. The van der Waals surface area contributed by atoms with Gasteiger partial charge in [0.05, 0.1) is 4.90 Å². The van der Waals surface area contributed by atoms with Gasteiger partial charge in [0.25, 0.3) is 0 Å². The molecule has 0 aliphatic rings. The van der Waals surface area contributed by atoms with Gasteiger partial charge in [-0.2, -0.15) is 0 Å². The van der Waals surface area contributed by atoms with Gasteiger partial charge in [-0.1, -0.05) is 51.8 Å². The summed E-state index contributed by atoms with van der Waals surface area (Å²) in [4.78, 5) is 13.6. The average molecular weight is 449 g/mol. The van der Waals surface area contributed by atoms with Crippen LogP contribution in [-0.4, -0.2) is 14.2 Å². The number of hydrogen-bond donors (Lipinski definition) is 0. The molecule has 0 amide bonds. The summed E-state index contributed by atoms with van der Waals surface area (Å²) < 4.78 is 27.3. The Bertz CT molecular complexity index is 990. The average Bonchev–Trinajstić information content (AvgIpc) is 3.14. The number of benzene rings is 2. The fourth-order valence-electron chi connectivity index (χ4n) is 2.65. The van der Waals surface area contributed by atoms with Crippen LogP contribution in [0, 0.1) is 6.92 Å². The zero-order valence-corrected chi connectivity index (χ0v) is 17.3. The molecule has 0 N–H and O–H groups in total. The van der Waals surface area contributed by atoms with Gasteiger partial charge in [-0.05, 0) is 42.6 Å². The van der Waals surface area contributed by atoms with Crippen molar-refractivity contribution < 1.29 is 13.2 Å². The SMILES string of the molecule is Cc1ccc(S(=O)(=O)[C@H](CC(=O)c2ccc(Br)cc2)c2cccs2)cc1. The van der Waals surface area contributed by atoms with Crippen molar-refractivity contribution in [2.24, 2.45) is 0 Å².